The van der Waals surface area contributed by atoms with Gasteiger partial charge in [0.25, 0.3) is 5.91 Å². The molecule has 0 saturated carbocycles. The number of amides is 1. The van der Waals surface area contributed by atoms with Gasteiger partial charge in [-0.05, 0) is 68.5 Å². The minimum absolute atomic E-state index is 0.141. The second kappa shape index (κ2) is 8.53. The summed E-state index contributed by atoms with van der Waals surface area (Å²) in [5.74, 6) is 0.616. The van der Waals surface area contributed by atoms with Gasteiger partial charge in [0.15, 0.2) is 6.10 Å². The number of hydrogen-bond acceptors (Lipinski definition) is 2. The zero-order valence-electron chi connectivity index (χ0n) is 15.1. The number of rotatable bonds is 7. The van der Waals surface area contributed by atoms with Crippen molar-refractivity contribution in [1.82, 2.24) is 0 Å². The van der Waals surface area contributed by atoms with Gasteiger partial charge in [0.1, 0.15) is 5.75 Å². The molecule has 0 saturated heterocycles. The van der Waals surface area contributed by atoms with E-state index in [4.69, 9.17) is 4.74 Å². The predicted molar refractivity (Wildman–Crippen MR) is 99.7 cm³/mol. The average Bonchev–Trinajstić information content (AvgIpc) is 2.57. The molecule has 24 heavy (non-hydrogen) atoms. The van der Waals surface area contributed by atoms with Crippen LogP contribution < -0.4 is 10.1 Å². The molecular weight excluding hydrogens is 298 g/mol. The summed E-state index contributed by atoms with van der Waals surface area (Å²) in [7, 11) is 0. The number of anilines is 1. The Balaban J connectivity index is 1.94. The van der Waals surface area contributed by atoms with Crippen molar-refractivity contribution >= 4 is 11.6 Å². The summed E-state index contributed by atoms with van der Waals surface area (Å²) in [6.07, 6.45) is 2.90. The Hall–Kier alpha value is -2.29. The maximum absolute atomic E-state index is 12.3. The highest BCUT2D eigenvalue weighted by molar-refractivity contribution is 5.94. The molecule has 0 spiro atoms. The Morgan fingerprint density at radius 1 is 1.12 bits per heavy atom. The average molecular weight is 325 g/mol. The topological polar surface area (TPSA) is 38.3 Å². The van der Waals surface area contributed by atoms with Crippen LogP contribution in [-0.2, 0) is 11.2 Å². The molecule has 0 aliphatic carbocycles. The summed E-state index contributed by atoms with van der Waals surface area (Å²) in [5, 5.41) is 2.92. The molecule has 0 unspecified atom stereocenters. The second-order valence-electron chi connectivity index (χ2n) is 6.32. The summed E-state index contributed by atoms with van der Waals surface area (Å²) in [5.41, 5.74) is 4.25. The Morgan fingerprint density at radius 2 is 1.83 bits per heavy atom. The van der Waals surface area contributed by atoms with Crippen molar-refractivity contribution in [3.8, 4) is 5.75 Å². The van der Waals surface area contributed by atoms with Crippen LogP contribution in [0.25, 0.3) is 0 Å². The highest BCUT2D eigenvalue weighted by atomic mass is 16.5. The van der Waals surface area contributed by atoms with Gasteiger partial charge in [-0.1, -0.05) is 37.6 Å². The van der Waals surface area contributed by atoms with Crippen LogP contribution in [0.5, 0.6) is 5.75 Å². The standard InChI is InChI=1S/C21H27NO2/c1-5-6-7-18-10-12-19(13-11-18)22-21(23)17(4)24-20-14-15(2)8-9-16(20)3/h8-14,17H,5-7H2,1-4H3,(H,22,23)/t17-/m0/s1. The minimum Gasteiger partial charge on any atom is -0.481 e. The van der Waals surface area contributed by atoms with E-state index in [0.29, 0.717) is 0 Å². The highest BCUT2D eigenvalue weighted by Crippen LogP contribution is 2.21. The van der Waals surface area contributed by atoms with Gasteiger partial charge in [0, 0.05) is 5.69 Å². The van der Waals surface area contributed by atoms with Crippen LogP contribution in [0.15, 0.2) is 42.5 Å². The van der Waals surface area contributed by atoms with E-state index < -0.39 is 6.10 Å². The summed E-state index contributed by atoms with van der Waals surface area (Å²) in [6.45, 7) is 7.95. The monoisotopic (exact) mass is 325 g/mol. The third-order valence-electron chi connectivity index (χ3n) is 4.06. The smallest absolute Gasteiger partial charge is 0.265 e. The molecule has 0 aliphatic rings. The Kier molecular flexibility index (Phi) is 6.42. The fraction of sp³-hybridized carbons (Fsp3) is 0.381. The van der Waals surface area contributed by atoms with Crippen molar-refractivity contribution < 1.29 is 9.53 Å². The van der Waals surface area contributed by atoms with E-state index in [0.717, 1.165) is 29.0 Å². The van der Waals surface area contributed by atoms with Crippen LogP contribution in [0.3, 0.4) is 0 Å². The number of nitrogens with one attached hydrogen (secondary N) is 1. The van der Waals surface area contributed by atoms with Crippen molar-refractivity contribution in [2.24, 2.45) is 0 Å². The number of unbranched alkanes of at least 4 members (excludes halogenated alkanes) is 1. The molecule has 0 aromatic heterocycles. The Labute approximate surface area is 145 Å². The molecule has 0 heterocycles. The zero-order chi connectivity index (χ0) is 17.5. The van der Waals surface area contributed by atoms with Crippen molar-refractivity contribution in [3.63, 3.8) is 0 Å². The summed E-state index contributed by atoms with van der Waals surface area (Å²) < 4.78 is 5.82. The number of hydrogen-bond donors (Lipinski definition) is 1. The van der Waals surface area contributed by atoms with E-state index in [1.807, 2.05) is 44.2 Å². The number of benzene rings is 2. The summed E-state index contributed by atoms with van der Waals surface area (Å²) in [4.78, 5) is 12.3. The number of aryl methyl sites for hydroxylation is 3. The Bertz CT molecular complexity index is 677. The molecule has 0 bridgehead atoms. The van der Waals surface area contributed by atoms with Crippen LogP contribution in [0, 0.1) is 13.8 Å². The molecule has 1 N–H and O–H groups in total. The highest BCUT2D eigenvalue weighted by Gasteiger charge is 2.16. The first-order valence-corrected chi connectivity index (χ1v) is 8.63. The third-order valence-corrected chi connectivity index (χ3v) is 4.06. The van der Waals surface area contributed by atoms with Gasteiger partial charge in [-0.15, -0.1) is 0 Å². The zero-order valence-corrected chi connectivity index (χ0v) is 15.1. The van der Waals surface area contributed by atoms with Gasteiger partial charge < -0.3 is 10.1 Å². The van der Waals surface area contributed by atoms with Crippen LogP contribution in [-0.4, -0.2) is 12.0 Å². The molecule has 1 atom stereocenters. The van der Waals surface area contributed by atoms with Crippen molar-refractivity contribution in [2.75, 3.05) is 5.32 Å². The van der Waals surface area contributed by atoms with E-state index in [-0.39, 0.29) is 5.91 Å². The molecule has 0 fully saturated rings. The molecule has 1 amide bonds. The van der Waals surface area contributed by atoms with E-state index in [2.05, 4.69) is 24.4 Å². The van der Waals surface area contributed by atoms with Crippen LogP contribution in [0.2, 0.25) is 0 Å². The molecule has 2 aromatic rings. The van der Waals surface area contributed by atoms with Crippen LogP contribution in [0.1, 0.15) is 43.4 Å². The van der Waals surface area contributed by atoms with Crippen LogP contribution >= 0.6 is 0 Å². The maximum atomic E-state index is 12.3. The molecule has 0 radical (unpaired) electrons. The molecule has 3 nitrogen and oxygen atoms in total. The first-order valence-electron chi connectivity index (χ1n) is 8.63. The lowest BCUT2D eigenvalue weighted by molar-refractivity contribution is -0.122. The molecule has 3 heteroatoms. The van der Waals surface area contributed by atoms with Gasteiger partial charge in [0.2, 0.25) is 0 Å². The van der Waals surface area contributed by atoms with Gasteiger partial charge >= 0.3 is 0 Å². The first kappa shape index (κ1) is 18.1. The second-order valence-corrected chi connectivity index (χ2v) is 6.32. The van der Waals surface area contributed by atoms with Crippen molar-refractivity contribution in [3.05, 3.63) is 59.2 Å². The normalized spacial score (nSPS) is 11.8. The van der Waals surface area contributed by atoms with Crippen LogP contribution in [0.4, 0.5) is 5.69 Å². The van der Waals surface area contributed by atoms with Gasteiger partial charge in [-0.2, -0.15) is 0 Å². The maximum Gasteiger partial charge on any atom is 0.265 e. The lowest BCUT2D eigenvalue weighted by atomic mass is 10.1. The lowest BCUT2D eigenvalue weighted by Gasteiger charge is -2.17. The summed E-state index contributed by atoms with van der Waals surface area (Å²) in [6, 6.07) is 14.0. The summed E-state index contributed by atoms with van der Waals surface area (Å²) >= 11 is 0. The molecule has 0 aliphatic heterocycles. The fourth-order valence-electron chi connectivity index (χ4n) is 2.46. The number of ether oxygens (including phenoxy) is 1. The third kappa shape index (κ3) is 5.12. The van der Waals surface area contributed by atoms with E-state index in [1.165, 1.54) is 18.4 Å². The minimum atomic E-state index is -0.551. The quantitative estimate of drug-likeness (QED) is 0.773. The number of carbonyl (C=O) groups is 1. The SMILES string of the molecule is CCCCc1ccc(NC(=O)[C@H](C)Oc2cc(C)ccc2C)cc1. The van der Waals surface area contributed by atoms with Gasteiger partial charge in [-0.25, -0.2) is 0 Å². The van der Waals surface area contributed by atoms with Gasteiger partial charge in [0.05, 0.1) is 0 Å². The number of carbonyl (C=O) groups excluding carboxylic acids is 1. The predicted octanol–water partition coefficient (Wildman–Crippen LogP) is 5.05. The molecule has 2 aromatic carbocycles. The van der Waals surface area contributed by atoms with E-state index in [9.17, 15) is 4.79 Å². The molecule has 2 rings (SSSR count). The first-order chi connectivity index (χ1) is 11.5. The lowest BCUT2D eigenvalue weighted by Crippen LogP contribution is -2.30. The van der Waals surface area contributed by atoms with E-state index in [1.54, 1.807) is 6.92 Å². The van der Waals surface area contributed by atoms with Crippen molar-refractivity contribution in [2.45, 2.75) is 53.1 Å². The fourth-order valence-corrected chi connectivity index (χ4v) is 2.46. The Morgan fingerprint density at radius 3 is 2.50 bits per heavy atom. The largest absolute Gasteiger partial charge is 0.481 e. The molecular formula is C21H27NO2. The van der Waals surface area contributed by atoms with Gasteiger partial charge in [-0.3, -0.25) is 4.79 Å². The van der Waals surface area contributed by atoms with Crippen molar-refractivity contribution in [1.29, 1.82) is 0 Å². The van der Waals surface area contributed by atoms with E-state index >= 15 is 0 Å². The molecule has 128 valence electrons.